The van der Waals surface area contributed by atoms with E-state index < -0.39 is 0 Å². The van der Waals surface area contributed by atoms with Crippen molar-refractivity contribution in [3.05, 3.63) is 11.9 Å². The third-order valence-electron chi connectivity index (χ3n) is 0.659. The Kier molecular flexibility index (Phi) is 3.61. The Balaban J connectivity index is 3.17. The van der Waals surface area contributed by atoms with Gasteiger partial charge in [-0.1, -0.05) is 6.08 Å². The average molecular weight is 103 g/mol. The van der Waals surface area contributed by atoms with Crippen molar-refractivity contribution in [2.24, 2.45) is 0 Å². The van der Waals surface area contributed by atoms with E-state index in [9.17, 15) is 4.39 Å². The van der Waals surface area contributed by atoms with E-state index in [0.29, 0.717) is 6.54 Å². The second-order valence-electron chi connectivity index (χ2n) is 1.27. The Hall–Kier alpha value is -0.370. The van der Waals surface area contributed by atoms with Gasteiger partial charge in [0, 0.05) is 6.54 Å². The van der Waals surface area contributed by atoms with Crippen LogP contribution in [-0.2, 0) is 0 Å². The van der Waals surface area contributed by atoms with Gasteiger partial charge in [-0.15, -0.1) is 0 Å². The largest absolute Gasteiger partial charge is 0.314 e. The van der Waals surface area contributed by atoms with Crippen LogP contribution in [0.3, 0.4) is 0 Å². The molecule has 0 saturated carbocycles. The van der Waals surface area contributed by atoms with Crippen molar-refractivity contribution < 1.29 is 4.39 Å². The Bertz CT molecular complexity index is 68.5. The molecule has 0 aliphatic rings. The van der Waals surface area contributed by atoms with E-state index in [1.807, 2.05) is 0 Å². The zero-order valence-corrected chi connectivity index (χ0v) is 4.66. The van der Waals surface area contributed by atoms with Crippen molar-refractivity contribution in [2.45, 2.75) is 6.92 Å². The lowest BCUT2D eigenvalue weighted by molar-refractivity contribution is 0.590. The van der Waals surface area contributed by atoms with Crippen molar-refractivity contribution in [2.75, 3.05) is 13.6 Å². The van der Waals surface area contributed by atoms with Gasteiger partial charge in [0.15, 0.2) is 0 Å². The van der Waals surface area contributed by atoms with Gasteiger partial charge >= 0.3 is 0 Å². The minimum Gasteiger partial charge on any atom is -0.314 e. The van der Waals surface area contributed by atoms with Gasteiger partial charge in [-0.05, 0) is 14.0 Å². The number of likely N-dealkylation sites (N-methyl/N-ethyl adjacent to an activating group) is 1. The van der Waals surface area contributed by atoms with Gasteiger partial charge in [-0.25, -0.2) is 4.39 Å². The summed E-state index contributed by atoms with van der Waals surface area (Å²) in [6, 6.07) is 0. The van der Waals surface area contributed by atoms with Crippen LogP contribution < -0.4 is 5.32 Å². The minimum absolute atomic E-state index is 0.109. The monoisotopic (exact) mass is 103 g/mol. The molecule has 0 heterocycles. The highest BCUT2D eigenvalue weighted by Crippen LogP contribution is 1.89. The maximum atomic E-state index is 11.9. The molecule has 0 aromatic rings. The molecule has 1 N–H and O–H groups in total. The maximum Gasteiger partial charge on any atom is 0.109 e. The molecule has 0 atom stereocenters. The number of rotatable bonds is 2. The molecule has 2 heteroatoms. The van der Waals surface area contributed by atoms with Gasteiger partial charge in [0.2, 0.25) is 0 Å². The van der Waals surface area contributed by atoms with Crippen LogP contribution in [-0.4, -0.2) is 13.6 Å². The van der Waals surface area contributed by atoms with Gasteiger partial charge in [-0.3, -0.25) is 0 Å². The predicted molar refractivity (Wildman–Crippen MR) is 28.8 cm³/mol. The zero-order valence-electron chi connectivity index (χ0n) is 4.66. The molecule has 0 radical (unpaired) electrons. The molecule has 42 valence electrons. The van der Waals surface area contributed by atoms with Gasteiger partial charge < -0.3 is 5.32 Å². The Labute approximate surface area is 43.2 Å². The molecule has 0 aliphatic carbocycles. The van der Waals surface area contributed by atoms with E-state index in [2.05, 4.69) is 5.32 Å². The van der Waals surface area contributed by atoms with Crippen LogP contribution in [0.2, 0.25) is 0 Å². The summed E-state index contributed by atoms with van der Waals surface area (Å²) < 4.78 is 11.9. The lowest BCUT2D eigenvalue weighted by Gasteiger charge is -1.89. The van der Waals surface area contributed by atoms with Gasteiger partial charge in [0.25, 0.3) is 0 Å². The molecule has 0 aromatic carbocycles. The van der Waals surface area contributed by atoms with E-state index in [1.165, 1.54) is 6.08 Å². The van der Waals surface area contributed by atoms with Crippen molar-refractivity contribution in [1.82, 2.24) is 5.32 Å². The Morgan fingerprint density at radius 2 is 2.43 bits per heavy atom. The molecule has 0 unspecified atom stereocenters. The first-order valence-corrected chi connectivity index (χ1v) is 2.26. The fourth-order valence-corrected chi connectivity index (χ4v) is 0.271. The second-order valence-corrected chi connectivity index (χ2v) is 1.27. The molecule has 0 amide bonds. The molecule has 0 rings (SSSR count). The van der Waals surface area contributed by atoms with Crippen LogP contribution >= 0.6 is 0 Å². The van der Waals surface area contributed by atoms with Gasteiger partial charge in [0.1, 0.15) is 5.83 Å². The molecular weight excluding hydrogens is 93.1 g/mol. The Morgan fingerprint density at radius 3 is 2.57 bits per heavy atom. The number of nitrogens with one attached hydrogen (secondary N) is 1. The van der Waals surface area contributed by atoms with Crippen molar-refractivity contribution >= 4 is 0 Å². The molecular formula is C5H10FN. The fraction of sp³-hybridized carbons (Fsp3) is 0.600. The van der Waals surface area contributed by atoms with Crippen LogP contribution in [0.15, 0.2) is 11.9 Å². The fourth-order valence-electron chi connectivity index (χ4n) is 0.271. The molecule has 0 saturated heterocycles. The van der Waals surface area contributed by atoms with E-state index in [1.54, 1.807) is 14.0 Å². The summed E-state index contributed by atoms with van der Waals surface area (Å²) in [6.07, 6.45) is 1.44. The van der Waals surface area contributed by atoms with Crippen molar-refractivity contribution in [3.63, 3.8) is 0 Å². The number of allylic oxidation sites excluding steroid dienone is 1. The summed E-state index contributed by atoms with van der Waals surface area (Å²) in [4.78, 5) is 0. The highest BCUT2D eigenvalue weighted by atomic mass is 19.1. The molecule has 0 bridgehead atoms. The van der Waals surface area contributed by atoms with E-state index >= 15 is 0 Å². The van der Waals surface area contributed by atoms with Crippen LogP contribution in [0.4, 0.5) is 4.39 Å². The molecule has 0 aromatic heterocycles. The summed E-state index contributed by atoms with van der Waals surface area (Å²) in [5.74, 6) is -0.109. The molecule has 0 fully saturated rings. The average Bonchev–Trinajstić information content (AvgIpc) is 1.68. The summed E-state index contributed by atoms with van der Waals surface area (Å²) in [5, 5.41) is 2.68. The molecule has 7 heavy (non-hydrogen) atoms. The first-order chi connectivity index (χ1) is 3.31. The van der Waals surface area contributed by atoms with Crippen molar-refractivity contribution in [3.8, 4) is 0 Å². The first-order valence-electron chi connectivity index (χ1n) is 2.26. The van der Waals surface area contributed by atoms with Gasteiger partial charge in [-0.2, -0.15) is 0 Å². The third-order valence-corrected chi connectivity index (χ3v) is 0.659. The lowest BCUT2D eigenvalue weighted by Crippen LogP contribution is -2.07. The van der Waals surface area contributed by atoms with Crippen LogP contribution in [0.25, 0.3) is 0 Å². The van der Waals surface area contributed by atoms with Crippen molar-refractivity contribution in [1.29, 1.82) is 0 Å². The normalized spacial score (nSPS) is 12.1. The second kappa shape index (κ2) is 3.81. The predicted octanol–water partition coefficient (Wildman–Crippen LogP) is 1.08. The maximum absolute atomic E-state index is 11.9. The quantitative estimate of drug-likeness (QED) is 0.551. The highest BCUT2D eigenvalue weighted by molar-refractivity contribution is 4.89. The standard InChI is InChI=1S/C5H10FN/c1-3-5(6)4-7-2/h3,7H,4H2,1-2H3/b5-3+. The molecule has 0 aliphatic heterocycles. The topological polar surface area (TPSA) is 12.0 Å². The number of halogens is 1. The van der Waals surface area contributed by atoms with E-state index in [0.717, 1.165) is 0 Å². The molecule has 1 nitrogen and oxygen atoms in total. The summed E-state index contributed by atoms with van der Waals surface area (Å²) in [6.45, 7) is 2.02. The zero-order chi connectivity index (χ0) is 5.70. The first kappa shape index (κ1) is 6.63. The Morgan fingerprint density at radius 1 is 1.86 bits per heavy atom. The third kappa shape index (κ3) is 3.46. The molecule has 0 spiro atoms. The van der Waals surface area contributed by atoms with E-state index in [-0.39, 0.29) is 5.83 Å². The highest BCUT2D eigenvalue weighted by Gasteiger charge is 1.83. The van der Waals surface area contributed by atoms with Crippen LogP contribution in [0.1, 0.15) is 6.92 Å². The van der Waals surface area contributed by atoms with Gasteiger partial charge in [0.05, 0.1) is 0 Å². The SMILES string of the molecule is C/C=C(/F)CNC. The van der Waals surface area contributed by atoms with Crippen LogP contribution in [0.5, 0.6) is 0 Å². The summed E-state index contributed by atoms with van der Waals surface area (Å²) >= 11 is 0. The number of hydrogen-bond acceptors (Lipinski definition) is 1. The summed E-state index contributed by atoms with van der Waals surface area (Å²) in [7, 11) is 1.71. The minimum atomic E-state index is -0.109. The lowest BCUT2D eigenvalue weighted by atomic mass is 10.5. The van der Waals surface area contributed by atoms with E-state index in [4.69, 9.17) is 0 Å². The smallest absolute Gasteiger partial charge is 0.109 e. The number of hydrogen-bond donors (Lipinski definition) is 1. The van der Waals surface area contributed by atoms with Crippen LogP contribution in [0, 0.1) is 0 Å². The summed E-state index contributed by atoms with van der Waals surface area (Å²) in [5.41, 5.74) is 0.